The van der Waals surface area contributed by atoms with Crippen molar-refractivity contribution >= 4 is 0 Å². The summed E-state index contributed by atoms with van der Waals surface area (Å²) in [7, 11) is 0. The molecule has 0 bridgehead atoms. The van der Waals surface area contributed by atoms with E-state index in [0.29, 0.717) is 5.56 Å². The lowest BCUT2D eigenvalue weighted by atomic mass is 10.1. The number of aryl methyl sites for hydroxylation is 1. The van der Waals surface area contributed by atoms with Crippen molar-refractivity contribution in [2.24, 2.45) is 0 Å². The average Bonchev–Trinajstić information content (AvgIpc) is 2.97. The van der Waals surface area contributed by atoms with Gasteiger partial charge in [-0.3, -0.25) is 4.79 Å². The zero-order valence-electron chi connectivity index (χ0n) is 12.5. The third kappa shape index (κ3) is 3.37. The first kappa shape index (κ1) is 16.0. The number of pyridine rings is 1. The highest BCUT2D eigenvalue weighted by Gasteiger charge is 2.31. The number of halogens is 3. The van der Waals surface area contributed by atoms with Gasteiger partial charge in [0.2, 0.25) is 11.8 Å². The van der Waals surface area contributed by atoms with E-state index >= 15 is 0 Å². The van der Waals surface area contributed by atoms with Gasteiger partial charge in [0.15, 0.2) is 0 Å². The Kier molecular flexibility index (Phi) is 3.96. The van der Waals surface area contributed by atoms with E-state index in [1.54, 1.807) is 12.1 Å². The molecule has 3 aromatic rings. The number of rotatable bonds is 3. The molecule has 1 aromatic carbocycles. The second kappa shape index (κ2) is 5.95. The van der Waals surface area contributed by atoms with Crippen molar-refractivity contribution < 1.29 is 17.6 Å². The minimum atomic E-state index is -4.53. The van der Waals surface area contributed by atoms with E-state index in [1.807, 2.05) is 19.1 Å². The quantitative estimate of drug-likeness (QED) is 0.737. The smallest absolute Gasteiger partial charge is 0.417 e. The van der Waals surface area contributed by atoms with Crippen LogP contribution < -0.4 is 5.56 Å². The number of benzene rings is 1. The van der Waals surface area contributed by atoms with Gasteiger partial charge in [-0.05, 0) is 25.1 Å². The molecular weight excluding hydrogens is 323 g/mol. The molecule has 5 nitrogen and oxygen atoms in total. The molecule has 0 radical (unpaired) electrons. The molecule has 0 amide bonds. The minimum Gasteiger partial charge on any atom is -0.419 e. The predicted octanol–water partition coefficient (Wildman–Crippen LogP) is 3.27. The van der Waals surface area contributed by atoms with Crippen molar-refractivity contribution in [1.29, 1.82) is 0 Å². The summed E-state index contributed by atoms with van der Waals surface area (Å²) in [5, 5.41) is 7.64. The van der Waals surface area contributed by atoms with Gasteiger partial charge in [-0.25, -0.2) is 0 Å². The van der Waals surface area contributed by atoms with E-state index in [0.717, 1.165) is 28.5 Å². The van der Waals surface area contributed by atoms with Crippen LogP contribution in [0.4, 0.5) is 13.2 Å². The Morgan fingerprint density at radius 2 is 1.79 bits per heavy atom. The maximum absolute atomic E-state index is 12.7. The van der Waals surface area contributed by atoms with Gasteiger partial charge in [0.1, 0.15) is 6.54 Å². The van der Waals surface area contributed by atoms with Crippen LogP contribution in [0.3, 0.4) is 0 Å². The first-order valence-corrected chi connectivity index (χ1v) is 7.00. The van der Waals surface area contributed by atoms with Crippen LogP contribution in [0.2, 0.25) is 0 Å². The predicted molar refractivity (Wildman–Crippen MR) is 79.3 cm³/mol. The van der Waals surface area contributed by atoms with Gasteiger partial charge in [0.25, 0.3) is 5.56 Å². The molecule has 2 heterocycles. The summed E-state index contributed by atoms with van der Waals surface area (Å²) in [5.41, 5.74) is 0.253. The summed E-state index contributed by atoms with van der Waals surface area (Å²) >= 11 is 0. The van der Waals surface area contributed by atoms with Crippen LogP contribution in [0.25, 0.3) is 11.5 Å². The number of aromatic nitrogens is 3. The molecule has 24 heavy (non-hydrogen) atoms. The average molecular weight is 335 g/mol. The molecule has 0 spiro atoms. The van der Waals surface area contributed by atoms with Gasteiger partial charge in [0, 0.05) is 17.8 Å². The second-order valence-corrected chi connectivity index (χ2v) is 5.25. The maximum atomic E-state index is 12.7. The molecule has 124 valence electrons. The van der Waals surface area contributed by atoms with E-state index in [9.17, 15) is 18.0 Å². The van der Waals surface area contributed by atoms with E-state index in [4.69, 9.17) is 4.42 Å². The van der Waals surface area contributed by atoms with E-state index in [2.05, 4.69) is 10.2 Å². The number of nitrogens with zero attached hydrogens (tertiary/aromatic N) is 3. The Balaban J connectivity index is 1.87. The number of hydrogen-bond acceptors (Lipinski definition) is 4. The fourth-order valence-electron chi connectivity index (χ4n) is 2.10. The van der Waals surface area contributed by atoms with Gasteiger partial charge in [-0.1, -0.05) is 17.7 Å². The van der Waals surface area contributed by atoms with Crippen molar-refractivity contribution in [2.45, 2.75) is 19.6 Å². The summed E-state index contributed by atoms with van der Waals surface area (Å²) in [6.45, 7) is 1.70. The molecule has 0 fully saturated rings. The van der Waals surface area contributed by atoms with Crippen molar-refractivity contribution in [1.82, 2.24) is 14.8 Å². The first-order valence-electron chi connectivity index (χ1n) is 7.00. The summed E-state index contributed by atoms with van der Waals surface area (Å²) in [5.74, 6) is 0.289. The third-order valence-electron chi connectivity index (χ3n) is 3.38. The summed E-state index contributed by atoms with van der Waals surface area (Å²) in [6.07, 6.45) is -3.80. The largest absolute Gasteiger partial charge is 0.419 e. The molecule has 0 unspecified atom stereocenters. The van der Waals surface area contributed by atoms with Crippen LogP contribution in [-0.2, 0) is 12.7 Å². The molecule has 0 saturated heterocycles. The second-order valence-electron chi connectivity index (χ2n) is 5.25. The van der Waals surface area contributed by atoms with Crippen LogP contribution in [0.1, 0.15) is 17.0 Å². The molecule has 0 aliphatic carbocycles. The van der Waals surface area contributed by atoms with Gasteiger partial charge in [-0.15, -0.1) is 10.2 Å². The fraction of sp³-hybridized carbons (Fsp3) is 0.188. The van der Waals surface area contributed by atoms with Crippen molar-refractivity contribution in [2.75, 3.05) is 0 Å². The Hall–Kier alpha value is -2.90. The molecule has 0 aliphatic rings. The van der Waals surface area contributed by atoms with Crippen LogP contribution in [-0.4, -0.2) is 14.8 Å². The maximum Gasteiger partial charge on any atom is 0.417 e. The van der Waals surface area contributed by atoms with Gasteiger partial charge < -0.3 is 8.98 Å². The first-order chi connectivity index (χ1) is 11.3. The minimum absolute atomic E-state index is 0.0481. The molecule has 0 atom stereocenters. The van der Waals surface area contributed by atoms with Crippen molar-refractivity contribution in [3.63, 3.8) is 0 Å². The third-order valence-corrected chi connectivity index (χ3v) is 3.38. The summed E-state index contributed by atoms with van der Waals surface area (Å²) < 4.78 is 44.5. The normalized spacial score (nSPS) is 11.7. The van der Waals surface area contributed by atoms with Crippen LogP contribution in [0, 0.1) is 6.92 Å². The molecule has 3 rings (SSSR count). The lowest BCUT2D eigenvalue weighted by molar-refractivity contribution is -0.138. The molecule has 0 saturated carbocycles. The molecule has 2 aromatic heterocycles. The summed E-state index contributed by atoms with van der Waals surface area (Å²) in [6, 6.07) is 8.93. The van der Waals surface area contributed by atoms with E-state index in [-0.39, 0.29) is 18.3 Å². The zero-order valence-corrected chi connectivity index (χ0v) is 12.5. The molecule has 0 aliphatic heterocycles. The van der Waals surface area contributed by atoms with Crippen LogP contribution in [0.5, 0.6) is 0 Å². The van der Waals surface area contributed by atoms with Gasteiger partial charge >= 0.3 is 6.18 Å². The standard InChI is InChI=1S/C16H12F3N3O2/c1-10-2-4-11(5-3-10)15-21-20-13(24-15)9-22-8-12(16(17,18)19)6-7-14(22)23/h2-8H,9H2,1H3. The monoisotopic (exact) mass is 335 g/mol. The Morgan fingerprint density at radius 1 is 1.08 bits per heavy atom. The highest BCUT2D eigenvalue weighted by atomic mass is 19.4. The lowest BCUT2D eigenvalue weighted by Crippen LogP contribution is -2.22. The lowest BCUT2D eigenvalue weighted by Gasteiger charge is -2.09. The Morgan fingerprint density at radius 3 is 2.46 bits per heavy atom. The zero-order chi connectivity index (χ0) is 17.3. The van der Waals surface area contributed by atoms with Crippen molar-refractivity contribution in [3.8, 4) is 11.5 Å². The topological polar surface area (TPSA) is 60.9 Å². The van der Waals surface area contributed by atoms with E-state index < -0.39 is 17.3 Å². The summed E-state index contributed by atoms with van der Waals surface area (Å²) in [4.78, 5) is 11.7. The van der Waals surface area contributed by atoms with Crippen molar-refractivity contribution in [3.05, 3.63) is 70.0 Å². The molecule has 8 heteroatoms. The van der Waals surface area contributed by atoms with Crippen LogP contribution >= 0.6 is 0 Å². The molecule has 0 N–H and O–H groups in total. The fourth-order valence-corrected chi connectivity index (χ4v) is 2.10. The SMILES string of the molecule is Cc1ccc(-c2nnc(Cn3cc(C(F)(F)F)ccc3=O)o2)cc1. The van der Waals surface area contributed by atoms with Crippen LogP contribution in [0.15, 0.2) is 51.8 Å². The molecular formula is C16H12F3N3O2. The Labute approximate surface area is 134 Å². The Bertz CT molecular complexity index is 911. The number of hydrogen-bond donors (Lipinski definition) is 0. The highest BCUT2D eigenvalue weighted by molar-refractivity contribution is 5.52. The number of alkyl halides is 3. The van der Waals surface area contributed by atoms with E-state index in [1.165, 1.54) is 0 Å². The van der Waals surface area contributed by atoms with Gasteiger partial charge in [0.05, 0.1) is 5.56 Å². The highest BCUT2D eigenvalue weighted by Crippen LogP contribution is 2.28. The van der Waals surface area contributed by atoms with Gasteiger partial charge in [-0.2, -0.15) is 13.2 Å².